The number of aromatic nitrogens is 3. The quantitative estimate of drug-likeness (QED) is 0.608. The Hall–Kier alpha value is -2.81. The zero-order valence-corrected chi connectivity index (χ0v) is 19.2. The van der Waals surface area contributed by atoms with Crippen molar-refractivity contribution < 1.29 is 17.6 Å². The molecule has 170 valence electrons. The first-order valence-corrected chi connectivity index (χ1v) is 12.6. The molecule has 3 aromatic rings. The number of fused-ring (bicyclic) bond motifs is 1. The minimum absolute atomic E-state index is 0.00158. The van der Waals surface area contributed by atoms with E-state index in [0.29, 0.717) is 52.4 Å². The van der Waals surface area contributed by atoms with Crippen molar-refractivity contribution in [3.05, 3.63) is 47.4 Å². The Kier molecular flexibility index (Phi) is 6.03. The van der Waals surface area contributed by atoms with Gasteiger partial charge in [-0.2, -0.15) is 5.10 Å². The highest BCUT2D eigenvalue weighted by atomic mass is 32.2. The van der Waals surface area contributed by atoms with E-state index in [-0.39, 0.29) is 29.3 Å². The Labute approximate surface area is 187 Å². The van der Waals surface area contributed by atoms with E-state index in [1.54, 1.807) is 29.8 Å². The van der Waals surface area contributed by atoms with Gasteiger partial charge >= 0.3 is 0 Å². The number of sulfone groups is 1. The Bertz CT molecular complexity index is 1270. The second-order valence-corrected chi connectivity index (χ2v) is 11.0. The molecular formula is C23H27FN4O3S. The lowest BCUT2D eigenvalue weighted by molar-refractivity contribution is 0.0953. The lowest BCUT2D eigenvalue weighted by atomic mass is 10.0. The van der Waals surface area contributed by atoms with Crippen LogP contribution in [0, 0.1) is 18.7 Å². The van der Waals surface area contributed by atoms with Crippen LogP contribution in [-0.2, 0) is 9.84 Å². The number of carbonyl (C=O) groups is 1. The molecule has 0 bridgehead atoms. The maximum absolute atomic E-state index is 13.5. The van der Waals surface area contributed by atoms with E-state index >= 15 is 0 Å². The van der Waals surface area contributed by atoms with Gasteiger partial charge in [-0.25, -0.2) is 22.5 Å². The first kappa shape index (κ1) is 22.4. The largest absolute Gasteiger partial charge is 0.352 e. The van der Waals surface area contributed by atoms with Crippen LogP contribution in [0.3, 0.4) is 0 Å². The maximum atomic E-state index is 13.5. The van der Waals surface area contributed by atoms with Crippen molar-refractivity contribution in [1.82, 2.24) is 20.1 Å². The SMILES string of the molecule is Cc1nn(C2CCS(=O)(=O)C2)c2nc(-c3ccc(F)cc3)cc(C(=O)NCCC(C)C)c12. The molecule has 1 unspecified atom stereocenters. The third-order valence-electron chi connectivity index (χ3n) is 5.78. The summed E-state index contributed by atoms with van der Waals surface area (Å²) in [6.07, 6.45) is 1.31. The molecule has 1 N–H and O–H groups in total. The normalized spacial score (nSPS) is 17.8. The highest BCUT2D eigenvalue weighted by Crippen LogP contribution is 2.32. The van der Waals surface area contributed by atoms with Crippen LogP contribution < -0.4 is 5.32 Å². The van der Waals surface area contributed by atoms with Gasteiger partial charge in [0.05, 0.1) is 39.9 Å². The van der Waals surface area contributed by atoms with Gasteiger partial charge in [-0.15, -0.1) is 0 Å². The molecule has 0 spiro atoms. The van der Waals surface area contributed by atoms with Gasteiger partial charge < -0.3 is 5.32 Å². The monoisotopic (exact) mass is 458 g/mol. The molecule has 1 aliphatic heterocycles. The first-order valence-electron chi connectivity index (χ1n) is 10.8. The van der Waals surface area contributed by atoms with Crippen molar-refractivity contribution in [3.63, 3.8) is 0 Å². The Morgan fingerprint density at radius 2 is 2.00 bits per heavy atom. The summed E-state index contributed by atoms with van der Waals surface area (Å²) in [4.78, 5) is 17.9. The van der Waals surface area contributed by atoms with Crippen molar-refractivity contribution in [3.8, 4) is 11.3 Å². The standard InChI is InChI=1S/C23H27FN4O3S/c1-14(2)8-10-25-23(29)19-12-20(16-4-6-17(24)7-5-16)26-22-21(19)15(3)27-28(22)18-9-11-32(30,31)13-18/h4-7,12,14,18H,8-11,13H2,1-3H3,(H,25,29). The van der Waals surface area contributed by atoms with Gasteiger partial charge in [-0.1, -0.05) is 13.8 Å². The zero-order chi connectivity index (χ0) is 23.0. The lowest BCUT2D eigenvalue weighted by Crippen LogP contribution is -2.25. The molecule has 4 rings (SSSR count). The van der Waals surface area contributed by atoms with Gasteiger partial charge in [0.15, 0.2) is 15.5 Å². The Balaban J connectivity index is 1.85. The van der Waals surface area contributed by atoms with Crippen molar-refractivity contribution in [2.45, 2.75) is 39.7 Å². The van der Waals surface area contributed by atoms with Gasteiger partial charge in [-0.3, -0.25) is 4.79 Å². The molecule has 2 aromatic heterocycles. The number of benzene rings is 1. The van der Waals surface area contributed by atoms with Crippen LogP contribution >= 0.6 is 0 Å². The van der Waals surface area contributed by atoms with E-state index in [2.05, 4.69) is 24.3 Å². The molecule has 1 aromatic carbocycles. The van der Waals surface area contributed by atoms with E-state index in [1.807, 2.05) is 0 Å². The number of rotatable bonds is 6. The summed E-state index contributed by atoms with van der Waals surface area (Å²) in [6.45, 7) is 6.52. The van der Waals surface area contributed by atoms with Gasteiger partial charge in [0.2, 0.25) is 0 Å². The summed E-state index contributed by atoms with van der Waals surface area (Å²) in [5.74, 6) is -0.0298. The second kappa shape index (κ2) is 8.61. The van der Waals surface area contributed by atoms with E-state index in [9.17, 15) is 17.6 Å². The van der Waals surface area contributed by atoms with E-state index in [4.69, 9.17) is 4.98 Å². The van der Waals surface area contributed by atoms with Gasteiger partial charge in [-0.05, 0) is 56.0 Å². The first-order chi connectivity index (χ1) is 15.1. The summed E-state index contributed by atoms with van der Waals surface area (Å²) in [6, 6.07) is 7.27. The molecular weight excluding hydrogens is 431 g/mol. The predicted molar refractivity (Wildman–Crippen MR) is 122 cm³/mol. The molecule has 1 fully saturated rings. The number of nitrogens with zero attached hydrogens (tertiary/aromatic N) is 3. The molecule has 1 aliphatic rings. The summed E-state index contributed by atoms with van der Waals surface area (Å²) in [5, 5.41) is 8.17. The predicted octanol–water partition coefficient (Wildman–Crippen LogP) is 3.68. The molecule has 32 heavy (non-hydrogen) atoms. The molecule has 3 heterocycles. The van der Waals surface area contributed by atoms with Crippen LogP contribution in [-0.4, -0.2) is 47.1 Å². The number of halogens is 1. The minimum atomic E-state index is -3.13. The lowest BCUT2D eigenvalue weighted by Gasteiger charge is -2.13. The maximum Gasteiger partial charge on any atom is 0.252 e. The number of aryl methyl sites for hydroxylation is 1. The fourth-order valence-corrected chi connectivity index (χ4v) is 5.75. The van der Waals surface area contributed by atoms with Gasteiger partial charge in [0, 0.05) is 12.1 Å². The summed E-state index contributed by atoms with van der Waals surface area (Å²) in [5.41, 5.74) is 2.70. The van der Waals surface area contributed by atoms with E-state index in [0.717, 1.165) is 6.42 Å². The fourth-order valence-electron chi connectivity index (χ4n) is 4.05. The topological polar surface area (TPSA) is 93.9 Å². The zero-order valence-electron chi connectivity index (χ0n) is 18.4. The molecule has 1 atom stereocenters. The van der Waals surface area contributed by atoms with Crippen molar-refractivity contribution in [2.24, 2.45) is 5.92 Å². The van der Waals surface area contributed by atoms with E-state index < -0.39 is 9.84 Å². The average Bonchev–Trinajstić information content (AvgIpc) is 3.26. The smallest absolute Gasteiger partial charge is 0.252 e. The third-order valence-corrected chi connectivity index (χ3v) is 7.53. The molecule has 0 saturated carbocycles. The van der Waals surface area contributed by atoms with Crippen molar-refractivity contribution in [1.29, 1.82) is 0 Å². The third kappa shape index (κ3) is 4.53. The molecule has 9 heteroatoms. The number of nitrogens with one attached hydrogen (secondary N) is 1. The molecule has 7 nitrogen and oxygen atoms in total. The minimum Gasteiger partial charge on any atom is -0.352 e. The van der Waals surface area contributed by atoms with Crippen LogP contribution in [0.15, 0.2) is 30.3 Å². The molecule has 0 radical (unpaired) electrons. The summed E-state index contributed by atoms with van der Waals surface area (Å²) in [7, 11) is -3.13. The van der Waals surface area contributed by atoms with Crippen LogP contribution in [0.25, 0.3) is 22.3 Å². The Morgan fingerprint density at radius 3 is 2.62 bits per heavy atom. The molecule has 1 amide bonds. The number of carbonyl (C=O) groups excluding carboxylic acids is 1. The van der Waals surface area contributed by atoms with Gasteiger partial charge in [0.25, 0.3) is 5.91 Å². The van der Waals surface area contributed by atoms with Crippen LogP contribution in [0.1, 0.15) is 48.8 Å². The van der Waals surface area contributed by atoms with Gasteiger partial charge in [0.1, 0.15) is 5.82 Å². The fraction of sp³-hybridized carbons (Fsp3) is 0.435. The van der Waals surface area contributed by atoms with Crippen LogP contribution in [0.5, 0.6) is 0 Å². The van der Waals surface area contributed by atoms with Crippen molar-refractivity contribution >= 4 is 26.8 Å². The van der Waals surface area contributed by atoms with Crippen LogP contribution in [0.4, 0.5) is 4.39 Å². The number of hydrogen-bond donors (Lipinski definition) is 1. The van der Waals surface area contributed by atoms with Crippen molar-refractivity contribution in [2.75, 3.05) is 18.1 Å². The highest BCUT2D eigenvalue weighted by molar-refractivity contribution is 7.91. The number of pyridine rings is 1. The summed E-state index contributed by atoms with van der Waals surface area (Å²) < 4.78 is 39.2. The van der Waals surface area contributed by atoms with Crippen LogP contribution in [0.2, 0.25) is 0 Å². The molecule has 1 saturated heterocycles. The number of amides is 1. The highest BCUT2D eigenvalue weighted by Gasteiger charge is 2.32. The second-order valence-electron chi connectivity index (χ2n) is 8.79. The van der Waals surface area contributed by atoms with E-state index in [1.165, 1.54) is 12.1 Å². The average molecular weight is 459 g/mol. The molecule has 0 aliphatic carbocycles. The Morgan fingerprint density at radius 1 is 1.28 bits per heavy atom. The summed E-state index contributed by atoms with van der Waals surface area (Å²) >= 11 is 0. The number of hydrogen-bond acceptors (Lipinski definition) is 5.